The Balaban J connectivity index is 1.65. The van der Waals surface area contributed by atoms with Crippen LogP contribution in [0.15, 0.2) is 28.8 Å². The molecular formula is C16H18FN3O3. The number of halogens is 1. The zero-order valence-electron chi connectivity index (χ0n) is 12.9. The molecule has 0 saturated carbocycles. The molecule has 1 aliphatic rings. The van der Waals surface area contributed by atoms with Gasteiger partial charge in [0.1, 0.15) is 17.6 Å². The quantitative estimate of drug-likeness (QED) is 0.866. The van der Waals surface area contributed by atoms with Crippen LogP contribution in [0.4, 0.5) is 4.39 Å². The van der Waals surface area contributed by atoms with Crippen molar-refractivity contribution >= 4 is 5.91 Å². The molecule has 2 heterocycles. The van der Waals surface area contributed by atoms with E-state index in [4.69, 9.17) is 9.26 Å². The summed E-state index contributed by atoms with van der Waals surface area (Å²) in [5.41, 5.74) is 0. The number of rotatable bonds is 4. The normalized spacial score (nSPS) is 18.0. The number of hydrogen-bond acceptors (Lipinski definition) is 5. The highest BCUT2D eigenvalue weighted by molar-refractivity contribution is 5.78. The summed E-state index contributed by atoms with van der Waals surface area (Å²) in [6.07, 6.45) is 2.74. The van der Waals surface area contributed by atoms with Gasteiger partial charge < -0.3 is 14.2 Å². The lowest BCUT2D eigenvalue weighted by atomic mass is 10.0. The average Bonchev–Trinajstić information content (AvgIpc) is 3.00. The van der Waals surface area contributed by atoms with E-state index in [1.54, 1.807) is 11.8 Å². The molecule has 0 unspecified atom stereocenters. The summed E-state index contributed by atoms with van der Waals surface area (Å²) >= 11 is 0. The monoisotopic (exact) mass is 319 g/mol. The Morgan fingerprint density at radius 3 is 2.87 bits per heavy atom. The third-order valence-corrected chi connectivity index (χ3v) is 3.83. The topological polar surface area (TPSA) is 68.5 Å². The van der Waals surface area contributed by atoms with Crippen molar-refractivity contribution in [1.29, 1.82) is 0 Å². The van der Waals surface area contributed by atoms with E-state index in [0.29, 0.717) is 24.0 Å². The molecule has 0 bridgehead atoms. The lowest BCUT2D eigenvalue weighted by molar-refractivity contribution is -0.138. The molecule has 1 aromatic heterocycles. The van der Waals surface area contributed by atoms with Crippen LogP contribution >= 0.6 is 0 Å². The first-order valence-corrected chi connectivity index (χ1v) is 7.61. The molecule has 3 rings (SSSR count). The Hall–Kier alpha value is -2.44. The Morgan fingerprint density at radius 2 is 2.17 bits per heavy atom. The summed E-state index contributed by atoms with van der Waals surface area (Å²) in [6, 6.07) is 5.39. The van der Waals surface area contributed by atoms with Gasteiger partial charge in [-0.2, -0.15) is 4.98 Å². The van der Waals surface area contributed by atoms with Crippen LogP contribution in [0, 0.1) is 12.7 Å². The third-order valence-electron chi connectivity index (χ3n) is 3.83. The molecule has 0 radical (unpaired) electrons. The summed E-state index contributed by atoms with van der Waals surface area (Å²) in [4.78, 5) is 18.4. The molecule has 0 N–H and O–H groups in total. The molecular weight excluding hydrogens is 301 g/mol. The van der Waals surface area contributed by atoms with E-state index in [2.05, 4.69) is 10.1 Å². The van der Waals surface area contributed by atoms with Crippen LogP contribution in [0.5, 0.6) is 5.75 Å². The maximum Gasteiger partial charge on any atom is 0.261 e. The standard InChI is InChI=1S/C16H18FN3O3/c1-11-18-16(23-19-11)14-4-2-3-9-20(14)15(21)10-22-13-7-5-12(17)6-8-13/h5-8,14H,2-4,9-10H2,1H3/t14-/m0/s1. The van der Waals surface area contributed by atoms with Crippen LogP contribution in [0.3, 0.4) is 0 Å². The fourth-order valence-electron chi connectivity index (χ4n) is 2.69. The average molecular weight is 319 g/mol. The Labute approximate surface area is 133 Å². The molecule has 0 spiro atoms. The van der Waals surface area contributed by atoms with Crippen molar-refractivity contribution < 1.29 is 18.4 Å². The van der Waals surface area contributed by atoms with Gasteiger partial charge in [0.2, 0.25) is 5.89 Å². The Morgan fingerprint density at radius 1 is 1.39 bits per heavy atom. The second-order valence-corrected chi connectivity index (χ2v) is 5.52. The minimum Gasteiger partial charge on any atom is -0.484 e. The maximum absolute atomic E-state index is 12.9. The van der Waals surface area contributed by atoms with Gasteiger partial charge in [-0.3, -0.25) is 4.79 Å². The summed E-state index contributed by atoms with van der Waals surface area (Å²) < 4.78 is 23.5. The number of amides is 1. The zero-order valence-corrected chi connectivity index (χ0v) is 12.9. The van der Waals surface area contributed by atoms with E-state index in [0.717, 1.165) is 19.3 Å². The molecule has 1 saturated heterocycles. The van der Waals surface area contributed by atoms with Gasteiger partial charge in [-0.1, -0.05) is 5.16 Å². The van der Waals surface area contributed by atoms with E-state index < -0.39 is 0 Å². The molecule has 1 amide bonds. The molecule has 0 aliphatic carbocycles. The summed E-state index contributed by atoms with van der Waals surface area (Å²) in [5, 5.41) is 3.80. The second kappa shape index (κ2) is 6.76. The van der Waals surface area contributed by atoms with Crippen molar-refractivity contribution in [3.63, 3.8) is 0 Å². The molecule has 6 nitrogen and oxygen atoms in total. The van der Waals surface area contributed by atoms with Crippen molar-refractivity contribution in [2.24, 2.45) is 0 Å². The van der Waals surface area contributed by atoms with E-state index in [9.17, 15) is 9.18 Å². The maximum atomic E-state index is 12.9. The third kappa shape index (κ3) is 3.67. The van der Waals surface area contributed by atoms with Gasteiger partial charge in [-0.25, -0.2) is 4.39 Å². The van der Waals surface area contributed by atoms with Crippen LogP contribution in [0.1, 0.15) is 37.0 Å². The number of hydrogen-bond donors (Lipinski definition) is 0. The minimum atomic E-state index is -0.341. The molecule has 1 aliphatic heterocycles. The molecule has 7 heteroatoms. The highest BCUT2D eigenvalue weighted by Crippen LogP contribution is 2.30. The van der Waals surface area contributed by atoms with E-state index in [-0.39, 0.29) is 24.4 Å². The number of nitrogens with zero attached hydrogens (tertiary/aromatic N) is 3. The number of aromatic nitrogens is 2. The summed E-state index contributed by atoms with van der Waals surface area (Å²) in [7, 11) is 0. The van der Waals surface area contributed by atoms with E-state index in [1.807, 2.05) is 0 Å². The number of likely N-dealkylation sites (tertiary alicyclic amines) is 1. The summed E-state index contributed by atoms with van der Waals surface area (Å²) in [6.45, 7) is 2.28. The molecule has 122 valence electrons. The van der Waals surface area contributed by atoms with E-state index >= 15 is 0 Å². The zero-order chi connectivity index (χ0) is 16.2. The van der Waals surface area contributed by atoms with E-state index in [1.165, 1.54) is 24.3 Å². The fourth-order valence-corrected chi connectivity index (χ4v) is 2.69. The van der Waals surface area contributed by atoms with Crippen molar-refractivity contribution in [3.05, 3.63) is 41.8 Å². The predicted octanol–water partition coefficient (Wildman–Crippen LogP) is 2.65. The lowest BCUT2D eigenvalue weighted by Crippen LogP contribution is -2.41. The fraction of sp³-hybridized carbons (Fsp3) is 0.438. The van der Waals surface area contributed by atoms with Crippen LogP contribution in [0.2, 0.25) is 0 Å². The van der Waals surface area contributed by atoms with Crippen LogP contribution in [0.25, 0.3) is 0 Å². The van der Waals surface area contributed by atoms with Crippen LogP contribution in [-0.2, 0) is 4.79 Å². The number of aryl methyl sites for hydroxylation is 1. The first-order chi connectivity index (χ1) is 11.1. The molecule has 23 heavy (non-hydrogen) atoms. The molecule has 1 atom stereocenters. The predicted molar refractivity (Wildman–Crippen MR) is 79.2 cm³/mol. The number of carbonyl (C=O) groups excluding carboxylic acids is 1. The van der Waals surface area contributed by atoms with Crippen molar-refractivity contribution in [3.8, 4) is 5.75 Å². The number of ether oxygens (including phenoxy) is 1. The Bertz CT molecular complexity index is 671. The van der Waals surface area contributed by atoms with Crippen LogP contribution in [-0.4, -0.2) is 34.1 Å². The first-order valence-electron chi connectivity index (χ1n) is 7.61. The lowest BCUT2D eigenvalue weighted by Gasteiger charge is -2.33. The van der Waals surface area contributed by atoms with Crippen molar-refractivity contribution in [1.82, 2.24) is 15.0 Å². The van der Waals surface area contributed by atoms with Gasteiger partial charge in [0.25, 0.3) is 5.91 Å². The minimum absolute atomic E-state index is 0.102. The van der Waals surface area contributed by atoms with Crippen LogP contribution < -0.4 is 4.74 Å². The van der Waals surface area contributed by atoms with Gasteiger partial charge in [0.15, 0.2) is 12.4 Å². The van der Waals surface area contributed by atoms with Gasteiger partial charge >= 0.3 is 0 Å². The Kier molecular flexibility index (Phi) is 4.55. The molecule has 2 aromatic rings. The van der Waals surface area contributed by atoms with Gasteiger partial charge in [0.05, 0.1) is 0 Å². The SMILES string of the molecule is Cc1noc([C@@H]2CCCCN2C(=O)COc2ccc(F)cc2)n1. The highest BCUT2D eigenvalue weighted by Gasteiger charge is 2.32. The largest absolute Gasteiger partial charge is 0.484 e. The van der Waals surface area contributed by atoms with Gasteiger partial charge in [0, 0.05) is 6.54 Å². The molecule has 1 fully saturated rings. The van der Waals surface area contributed by atoms with Crippen molar-refractivity contribution in [2.45, 2.75) is 32.2 Å². The number of benzene rings is 1. The van der Waals surface area contributed by atoms with Gasteiger partial charge in [-0.05, 0) is 50.5 Å². The van der Waals surface area contributed by atoms with Crippen molar-refractivity contribution in [2.75, 3.05) is 13.2 Å². The smallest absolute Gasteiger partial charge is 0.261 e. The first kappa shape index (κ1) is 15.5. The summed E-state index contributed by atoms with van der Waals surface area (Å²) in [5.74, 6) is 1.00. The molecule has 1 aromatic carbocycles. The number of carbonyl (C=O) groups is 1. The number of piperidine rings is 1. The highest BCUT2D eigenvalue weighted by atomic mass is 19.1. The second-order valence-electron chi connectivity index (χ2n) is 5.52. The van der Waals surface area contributed by atoms with Gasteiger partial charge in [-0.15, -0.1) is 0 Å².